The standard InChI is InChI=1S/C20H16BrN3O5/c1-2-27-19(25)13-5-10-6-16-17(29-9-28-16)8-15(10)23-18(13)12-7-11(21)3-4-14(12)24-20(22)26/h3-8H,2,9H2,1H3,(H3,22,24,26). The lowest BCUT2D eigenvalue weighted by atomic mass is 10.0. The maximum absolute atomic E-state index is 12.7. The third kappa shape index (κ3) is 3.68. The van der Waals surface area contributed by atoms with Crippen LogP contribution in [0.1, 0.15) is 17.3 Å². The third-order valence-electron chi connectivity index (χ3n) is 4.30. The number of nitrogens with one attached hydrogen (secondary N) is 1. The van der Waals surface area contributed by atoms with Crippen LogP contribution in [-0.2, 0) is 4.74 Å². The number of halogens is 1. The molecule has 148 valence electrons. The summed E-state index contributed by atoms with van der Waals surface area (Å²) in [5, 5.41) is 3.26. The first-order valence-corrected chi connectivity index (χ1v) is 9.53. The largest absolute Gasteiger partial charge is 0.462 e. The Kier molecular flexibility index (Phi) is 4.98. The summed E-state index contributed by atoms with van der Waals surface area (Å²) < 4.78 is 16.8. The van der Waals surface area contributed by atoms with Gasteiger partial charge in [-0.2, -0.15) is 0 Å². The molecule has 3 aromatic rings. The predicted molar refractivity (Wildman–Crippen MR) is 110 cm³/mol. The van der Waals surface area contributed by atoms with Gasteiger partial charge in [-0.05, 0) is 37.3 Å². The van der Waals surface area contributed by atoms with Crippen molar-refractivity contribution in [3.8, 4) is 22.8 Å². The smallest absolute Gasteiger partial charge is 0.340 e. The molecule has 1 aromatic heterocycles. The normalized spacial score (nSPS) is 12.1. The minimum absolute atomic E-state index is 0.127. The molecule has 0 saturated heterocycles. The van der Waals surface area contributed by atoms with Crippen LogP contribution in [0.5, 0.6) is 11.5 Å². The van der Waals surface area contributed by atoms with Gasteiger partial charge in [-0.3, -0.25) is 0 Å². The molecular formula is C20H16BrN3O5. The van der Waals surface area contributed by atoms with Crippen molar-refractivity contribution in [2.75, 3.05) is 18.7 Å². The van der Waals surface area contributed by atoms with Crippen molar-refractivity contribution < 1.29 is 23.8 Å². The van der Waals surface area contributed by atoms with Crippen molar-refractivity contribution in [2.45, 2.75) is 6.92 Å². The van der Waals surface area contributed by atoms with E-state index in [4.69, 9.17) is 19.9 Å². The number of pyridine rings is 1. The van der Waals surface area contributed by atoms with Crippen LogP contribution in [0.15, 0.2) is 40.9 Å². The van der Waals surface area contributed by atoms with Gasteiger partial charge in [0.1, 0.15) is 0 Å². The molecule has 8 nitrogen and oxygen atoms in total. The van der Waals surface area contributed by atoms with E-state index in [1.807, 2.05) is 0 Å². The Morgan fingerprint density at radius 1 is 1.21 bits per heavy atom. The first-order chi connectivity index (χ1) is 14.0. The molecule has 9 heteroatoms. The summed E-state index contributed by atoms with van der Waals surface area (Å²) in [6, 6.07) is 9.63. The van der Waals surface area contributed by atoms with E-state index in [9.17, 15) is 9.59 Å². The number of fused-ring (bicyclic) bond motifs is 2. The fourth-order valence-corrected chi connectivity index (χ4v) is 3.45. The Morgan fingerprint density at radius 2 is 1.97 bits per heavy atom. The Balaban J connectivity index is 1.98. The molecule has 1 aliphatic rings. The average molecular weight is 458 g/mol. The summed E-state index contributed by atoms with van der Waals surface area (Å²) in [4.78, 5) is 28.8. The zero-order chi connectivity index (χ0) is 20.5. The molecule has 0 bridgehead atoms. The highest BCUT2D eigenvalue weighted by Gasteiger charge is 2.22. The fraction of sp³-hybridized carbons (Fsp3) is 0.150. The summed E-state index contributed by atoms with van der Waals surface area (Å²) in [5.74, 6) is 0.629. The third-order valence-corrected chi connectivity index (χ3v) is 4.79. The highest BCUT2D eigenvalue weighted by Crippen LogP contribution is 2.39. The molecule has 4 rings (SSSR count). The number of ether oxygens (including phenoxy) is 3. The Labute approximate surface area is 174 Å². The number of urea groups is 1. The topological polar surface area (TPSA) is 113 Å². The van der Waals surface area contributed by atoms with E-state index in [-0.39, 0.29) is 19.0 Å². The number of carbonyl (C=O) groups is 2. The monoisotopic (exact) mass is 457 g/mol. The van der Waals surface area contributed by atoms with Crippen molar-refractivity contribution >= 4 is 44.5 Å². The minimum atomic E-state index is -0.726. The lowest BCUT2D eigenvalue weighted by Gasteiger charge is -2.14. The fourth-order valence-electron chi connectivity index (χ4n) is 3.09. The van der Waals surface area contributed by atoms with Gasteiger partial charge in [-0.15, -0.1) is 0 Å². The van der Waals surface area contributed by atoms with Gasteiger partial charge in [0.05, 0.1) is 29.1 Å². The molecule has 0 atom stereocenters. The molecule has 29 heavy (non-hydrogen) atoms. The molecule has 2 heterocycles. The number of rotatable bonds is 4. The van der Waals surface area contributed by atoms with Gasteiger partial charge in [0.25, 0.3) is 0 Å². The van der Waals surface area contributed by atoms with Gasteiger partial charge in [0.15, 0.2) is 11.5 Å². The van der Waals surface area contributed by atoms with Crippen LogP contribution in [0, 0.1) is 0 Å². The first-order valence-electron chi connectivity index (χ1n) is 8.74. The van der Waals surface area contributed by atoms with Gasteiger partial charge in [-0.1, -0.05) is 15.9 Å². The Morgan fingerprint density at radius 3 is 2.69 bits per heavy atom. The van der Waals surface area contributed by atoms with Crippen LogP contribution in [0.2, 0.25) is 0 Å². The Hall–Kier alpha value is -3.33. The highest BCUT2D eigenvalue weighted by molar-refractivity contribution is 9.10. The van der Waals surface area contributed by atoms with Crippen LogP contribution in [0.4, 0.5) is 10.5 Å². The second kappa shape index (κ2) is 7.59. The van der Waals surface area contributed by atoms with Gasteiger partial charge < -0.3 is 25.3 Å². The summed E-state index contributed by atoms with van der Waals surface area (Å²) in [5.41, 5.74) is 7.43. The zero-order valence-corrected chi connectivity index (χ0v) is 16.9. The number of benzene rings is 2. The molecular weight excluding hydrogens is 442 g/mol. The van der Waals surface area contributed by atoms with Crippen molar-refractivity contribution in [3.05, 3.63) is 46.4 Å². The number of amides is 2. The maximum atomic E-state index is 12.7. The molecule has 3 N–H and O–H groups in total. The average Bonchev–Trinajstić information content (AvgIpc) is 3.13. The minimum Gasteiger partial charge on any atom is -0.462 e. The maximum Gasteiger partial charge on any atom is 0.340 e. The second-order valence-corrected chi connectivity index (χ2v) is 7.10. The van der Waals surface area contributed by atoms with E-state index < -0.39 is 12.0 Å². The van der Waals surface area contributed by atoms with Crippen molar-refractivity contribution in [2.24, 2.45) is 5.73 Å². The van der Waals surface area contributed by atoms with E-state index >= 15 is 0 Å². The summed E-state index contributed by atoms with van der Waals surface area (Å²) in [7, 11) is 0. The molecule has 0 radical (unpaired) electrons. The Bertz CT molecular complexity index is 1150. The predicted octanol–water partition coefficient (Wildman–Crippen LogP) is 4.06. The molecule has 0 spiro atoms. The lowest BCUT2D eigenvalue weighted by molar-refractivity contribution is 0.0527. The van der Waals surface area contributed by atoms with Gasteiger partial charge in [-0.25, -0.2) is 14.6 Å². The molecule has 0 saturated carbocycles. The zero-order valence-electron chi connectivity index (χ0n) is 15.3. The van der Waals surface area contributed by atoms with Crippen LogP contribution in [-0.4, -0.2) is 30.4 Å². The summed E-state index contributed by atoms with van der Waals surface area (Å²) in [6.45, 7) is 2.06. The number of hydrogen-bond donors (Lipinski definition) is 2. The number of esters is 1. The van der Waals surface area contributed by atoms with E-state index in [0.29, 0.717) is 39.3 Å². The quantitative estimate of drug-likeness (QED) is 0.571. The summed E-state index contributed by atoms with van der Waals surface area (Å²) in [6.07, 6.45) is 0. The number of nitrogens with zero attached hydrogens (tertiary/aromatic N) is 1. The number of hydrogen-bond acceptors (Lipinski definition) is 6. The number of anilines is 1. The van der Waals surface area contributed by atoms with Crippen LogP contribution < -0.4 is 20.5 Å². The number of aromatic nitrogens is 1. The number of nitrogens with two attached hydrogens (primary N) is 1. The SMILES string of the molecule is CCOC(=O)c1cc2cc3c(cc2nc1-c1cc(Br)ccc1NC(N)=O)OCO3. The van der Waals surface area contributed by atoms with Crippen LogP contribution in [0.3, 0.4) is 0 Å². The molecule has 0 unspecified atom stereocenters. The molecule has 2 aromatic carbocycles. The van der Waals surface area contributed by atoms with Gasteiger partial charge in [0, 0.05) is 21.5 Å². The lowest BCUT2D eigenvalue weighted by Crippen LogP contribution is -2.20. The van der Waals surface area contributed by atoms with Crippen LogP contribution >= 0.6 is 15.9 Å². The van der Waals surface area contributed by atoms with E-state index in [1.165, 1.54) is 0 Å². The molecule has 0 fully saturated rings. The number of carbonyl (C=O) groups excluding carboxylic acids is 2. The van der Waals surface area contributed by atoms with E-state index in [0.717, 1.165) is 4.47 Å². The van der Waals surface area contributed by atoms with Crippen LogP contribution in [0.25, 0.3) is 22.2 Å². The highest BCUT2D eigenvalue weighted by atomic mass is 79.9. The van der Waals surface area contributed by atoms with E-state index in [2.05, 4.69) is 26.2 Å². The molecule has 1 aliphatic heterocycles. The molecule has 2 amide bonds. The first kappa shape index (κ1) is 19.0. The number of primary amides is 1. The van der Waals surface area contributed by atoms with Crippen molar-refractivity contribution in [1.82, 2.24) is 4.98 Å². The van der Waals surface area contributed by atoms with Gasteiger partial charge >= 0.3 is 12.0 Å². The van der Waals surface area contributed by atoms with Gasteiger partial charge in [0.2, 0.25) is 6.79 Å². The van der Waals surface area contributed by atoms with E-state index in [1.54, 1.807) is 43.3 Å². The molecule has 0 aliphatic carbocycles. The second-order valence-electron chi connectivity index (χ2n) is 6.18. The summed E-state index contributed by atoms with van der Waals surface area (Å²) >= 11 is 3.42. The van der Waals surface area contributed by atoms with Crippen molar-refractivity contribution in [1.29, 1.82) is 0 Å². The van der Waals surface area contributed by atoms with Crippen molar-refractivity contribution in [3.63, 3.8) is 0 Å².